The molecule has 0 bridgehead atoms. The van der Waals surface area contributed by atoms with Crippen LogP contribution in [0.1, 0.15) is 124 Å². The minimum atomic E-state index is -0.729. The molecular formula is C42H54O4. The molecule has 4 heteroatoms. The Hall–Kier alpha value is -2.63. The van der Waals surface area contributed by atoms with Gasteiger partial charge in [0, 0.05) is 25.2 Å². The van der Waals surface area contributed by atoms with Gasteiger partial charge in [0.1, 0.15) is 0 Å². The summed E-state index contributed by atoms with van der Waals surface area (Å²) >= 11 is 0. The number of ether oxygens (including phenoxy) is 1. The molecule has 0 spiro atoms. The van der Waals surface area contributed by atoms with E-state index >= 15 is 0 Å². The molecule has 0 N–H and O–H groups in total. The molecule has 0 aliphatic heterocycles. The van der Waals surface area contributed by atoms with Gasteiger partial charge in [-0.25, -0.2) is 0 Å². The molecule has 46 heavy (non-hydrogen) atoms. The van der Waals surface area contributed by atoms with Crippen molar-refractivity contribution in [1.29, 1.82) is 0 Å². The Morgan fingerprint density at radius 3 is 1.91 bits per heavy atom. The molecule has 0 amide bonds. The van der Waals surface area contributed by atoms with E-state index in [1.807, 2.05) is 12.2 Å². The monoisotopic (exact) mass is 622 g/mol. The lowest BCUT2D eigenvalue weighted by Crippen LogP contribution is -2.53. The summed E-state index contributed by atoms with van der Waals surface area (Å²) in [5.74, 6) is 9.08. The zero-order valence-electron chi connectivity index (χ0n) is 28.5. The van der Waals surface area contributed by atoms with Crippen LogP contribution < -0.4 is 0 Å². The van der Waals surface area contributed by atoms with Crippen LogP contribution in [-0.4, -0.2) is 23.1 Å². The van der Waals surface area contributed by atoms with E-state index in [-0.39, 0.29) is 11.4 Å². The van der Waals surface area contributed by atoms with E-state index in [1.165, 1.54) is 62.2 Å². The average Bonchev–Trinajstić information content (AvgIpc) is 3.54. The molecule has 0 radical (unpaired) electrons. The fraction of sp³-hybridized carbons (Fsp3) is 0.714. The summed E-state index contributed by atoms with van der Waals surface area (Å²) in [6.07, 6.45) is 27.5. The first kappa shape index (κ1) is 31.9. The van der Waals surface area contributed by atoms with Crippen LogP contribution in [0.25, 0.3) is 0 Å². The minimum absolute atomic E-state index is 0.111. The highest BCUT2D eigenvalue weighted by Crippen LogP contribution is 2.66. The van der Waals surface area contributed by atoms with E-state index in [1.54, 1.807) is 0 Å². The number of hydrogen-bond donors (Lipinski definition) is 0. The van der Waals surface area contributed by atoms with E-state index in [2.05, 4.69) is 32.1 Å². The van der Waals surface area contributed by atoms with Crippen molar-refractivity contribution in [2.24, 2.45) is 58.2 Å². The second-order valence-corrected chi connectivity index (χ2v) is 16.8. The zero-order chi connectivity index (χ0) is 32.4. The number of fused-ring (bicyclic) bond motifs is 10. The van der Waals surface area contributed by atoms with Crippen molar-refractivity contribution in [1.82, 2.24) is 0 Å². The summed E-state index contributed by atoms with van der Waals surface area (Å²) < 4.78 is 5.79. The number of terminal acetylenes is 1. The first-order valence-electron chi connectivity index (χ1n) is 18.6. The van der Waals surface area contributed by atoms with E-state index < -0.39 is 5.60 Å². The first-order chi connectivity index (χ1) is 22.0. The van der Waals surface area contributed by atoms with Crippen LogP contribution >= 0.6 is 0 Å². The van der Waals surface area contributed by atoms with Crippen molar-refractivity contribution in [3.05, 3.63) is 41.2 Å². The number of ketones is 2. The van der Waals surface area contributed by atoms with Gasteiger partial charge in [0.05, 0.1) is 0 Å². The first-order valence-corrected chi connectivity index (χ1v) is 18.6. The van der Waals surface area contributed by atoms with Crippen molar-refractivity contribution in [2.45, 2.75) is 129 Å². The predicted molar refractivity (Wildman–Crippen MR) is 180 cm³/mol. The predicted octanol–water partition coefficient (Wildman–Crippen LogP) is 8.90. The van der Waals surface area contributed by atoms with Crippen LogP contribution in [-0.2, 0) is 19.1 Å². The SMILES string of the molecule is C#CC1(OC(C)=O)CCC2C3CCC4=CC(=O)CCC4C3CC[C@@]21C.C=C=C1CCC2C3CCC4=CC(=O)CC[C@@H]4C3CC[C@]12C. The molecule has 8 aliphatic rings. The molecule has 0 aromatic rings. The Kier molecular flexibility index (Phi) is 8.20. The minimum Gasteiger partial charge on any atom is -0.445 e. The van der Waals surface area contributed by atoms with Crippen LogP contribution in [0.3, 0.4) is 0 Å². The average molecular weight is 623 g/mol. The van der Waals surface area contributed by atoms with E-state index in [9.17, 15) is 14.4 Å². The summed E-state index contributed by atoms with van der Waals surface area (Å²) in [6.45, 7) is 10.2. The molecule has 8 unspecified atom stereocenters. The summed E-state index contributed by atoms with van der Waals surface area (Å²) in [4.78, 5) is 35.2. The lowest BCUT2D eigenvalue weighted by molar-refractivity contribution is -0.167. The van der Waals surface area contributed by atoms with Gasteiger partial charge in [0.2, 0.25) is 0 Å². The fourth-order valence-electron chi connectivity index (χ4n) is 13.1. The van der Waals surface area contributed by atoms with Crippen LogP contribution in [0.4, 0.5) is 0 Å². The van der Waals surface area contributed by atoms with Gasteiger partial charge >= 0.3 is 5.97 Å². The fourth-order valence-corrected chi connectivity index (χ4v) is 13.1. The number of allylic oxidation sites excluding steroid dienone is 3. The molecular weight excluding hydrogens is 568 g/mol. The maximum absolute atomic E-state index is 11.8. The Labute approximate surface area is 276 Å². The summed E-state index contributed by atoms with van der Waals surface area (Å²) in [6, 6.07) is 0. The van der Waals surface area contributed by atoms with Crippen LogP contribution in [0.2, 0.25) is 0 Å². The van der Waals surface area contributed by atoms with Crippen LogP contribution in [0, 0.1) is 70.5 Å². The Balaban J connectivity index is 0.000000149. The molecule has 246 valence electrons. The molecule has 6 fully saturated rings. The smallest absolute Gasteiger partial charge is 0.304 e. The van der Waals surface area contributed by atoms with Gasteiger partial charge in [0.25, 0.3) is 0 Å². The van der Waals surface area contributed by atoms with Crippen LogP contribution in [0.15, 0.2) is 41.2 Å². The molecule has 0 aromatic carbocycles. The van der Waals surface area contributed by atoms with E-state index in [0.717, 1.165) is 81.5 Å². The number of hydrogen-bond acceptors (Lipinski definition) is 4. The highest BCUT2D eigenvalue weighted by Gasteiger charge is 2.64. The molecule has 4 nitrogen and oxygen atoms in total. The lowest BCUT2D eigenvalue weighted by atomic mass is 9.50. The van der Waals surface area contributed by atoms with Gasteiger partial charge in [-0.05, 0) is 160 Å². The van der Waals surface area contributed by atoms with Crippen molar-refractivity contribution < 1.29 is 19.1 Å². The molecule has 8 rings (SSSR count). The Morgan fingerprint density at radius 2 is 1.35 bits per heavy atom. The third kappa shape index (κ3) is 4.89. The van der Waals surface area contributed by atoms with Gasteiger partial charge in [-0.2, -0.15) is 0 Å². The van der Waals surface area contributed by atoms with Crippen molar-refractivity contribution >= 4 is 17.5 Å². The maximum atomic E-state index is 11.8. The van der Waals surface area contributed by atoms with Gasteiger partial charge in [-0.1, -0.05) is 37.5 Å². The molecule has 11 atom stereocenters. The van der Waals surface area contributed by atoms with Gasteiger partial charge < -0.3 is 4.74 Å². The molecule has 8 aliphatic carbocycles. The van der Waals surface area contributed by atoms with Gasteiger partial charge in [-0.15, -0.1) is 12.2 Å². The van der Waals surface area contributed by atoms with Crippen molar-refractivity contribution in [3.8, 4) is 12.3 Å². The molecule has 6 saturated carbocycles. The zero-order valence-corrected chi connectivity index (χ0v) is 28.5. The largest absolute Gasteiger partial charge is 0.445 e. The number of esters is 1. The molecule has 0 saturated heterocycles. The standard InChI is InChI=1S/C22H28O3.C20H26O/c1-4-22(25-14(2)23)12-10-20-19-7-5-15-13-16(24)6-8-17(15)18(19)9-11-21(20,22)3;1-3-14-5-9-19-18-7-4-13-12-15(21)6-8-16(13)17(18)10-11-20(14,19)2/h1,13,17-20H,5-12H2,2-3H3;12,16-19H,1,4-11H2,2H3/t17?,18?,19?,20?,21-,22?;16-,17?,18?,19?,20+/m00/s1. The summed E-state index contributed by atoms with van der Waals surface area (Å²) in [7, 11) is 0. The van der Waals surface area contributed by atoms with Crippen LogP contribution in [0.5, 0.6) is 0 Å². The van der Waals surface area contributed by atoms with E-state index in [0.29, 0.717) is 47.1 Å². The second kappa shape index (κ2) is 11.8. The third-order valence-electron chi connectivity index (χ3n) is 15.3. The maximum Gasteiger partial charge on any atom is 0.304 e. The number of rotatable bonds is 1. The quantitative estimate of drug-likeness (QED) is 0.166. The molecule has 0 heterocycles. The lowest BCUT2D eigenvalue weighted by Gasteiger charge is -2.55. The summed E-state index contributed by atoms with van der Waals surface area (Å²) in [5, 5.41) is 0. The highest BCUT2D eigenvalue weighted by molar-refractivity contribution is 5.91. The van der Waals surface area contributed by atoms with Gasteiger partial charge in [0.15, 0.2) is 17.2 Å². The normalized spacial score (nSPS) is 45.4. The second-order valence-electron chi connectivity index (χ2n) is 16.8. The Morgan fingerprint density at radius 1 is 0.761 bits per heavy atom. The molecule has 0 aromatic heterocycles. The Bertz CT molecular complexity index is 1470. The summed E-state index contributed by atoms with van der Waals surface area (Å²) in [5.41, 5.74) is 7.22. The van der Waals surface area contributed by atoms with Crippen molar-refractivity contribution in [3.63, 3.8) is 0 Å². The van der Waals surface area contributed by atoms with Gasteiger partial charge in [-0.3, -0.25) is 14.4 Å². The van der Waals surface area contributed by atoms with Crippen molar-refractivity contribution in [2.75, 3.05) is 0 Å². The topological polar surface area (TPSA) is 60.4 Å². The number of carbonyl (C=O) groups excluding carboxylic acids is 3. The number of carbonyl (C=O) groups is 3. The van der Waals surface area contributed by atoms with E-state index in [4.69, 9.17) is 11.2 Å². The highest BCUT2D eigenvalue weighted by atomic mass is 16.6. The third-order valence-corrected chi connectivity index (χ3v) is 15.3.